The lowest BCUT2D eigenvalue weighted by Crippen LogP contribution is -2.55. The van der Waals surface area contributed by atoms with Crippen molar-refractivity contribution in [2.24, 2.45) is 5.10 Å². The normalized spacial score (nSPS) is 22.0. The van der Waals surface area contributed by atoms with E-state index >= 15 is 0 Å². The molecule has 0 N–H and O–H groups in total. The van der Waals surface area contributed by atoms with Crippen molar-refractivity contribution in [2.45, 2.75) is 76.2 Å². The van der Waals surface area contributed by atoms with Crippen LogP contribution >= 0.6 is 0 Å². The molecule has 0 saturated carbocycles. The van der Waals surface area contributed by atoms with E-state index in [9.17, 15) is 4.79 Å². The second-order valence-corrected chi connectivity index (χ2v) is 14.0. The van der Waals surface area contributed by atoms with Crippen LogP contribution in [0.3, 0.4) is 0 Å². The van der Waals surface area contributed by atoms with Crippen LogP contribution in [0.15, 0.2) is 5.10 Å². The van der Waals surface area contributed by atoms with Crippen molar-refractivity contribution < 1.29 is 14.3 Å². The molecule has 6 heteroatoms. The molecule has 0 aromatic rings. The molecule has 1 fully saturated rings. The second kappa shape index (κ2) is 8.00. The van der Waals surface area contributed by atoms with Gasteiger partial charge in [0.2, 0.25) is 0 Å². The van der Waals surface area contributed by atoms with Gasteiger partial charge in [0.05, 0.1) is 32.9 Å². The van der Waals surface area contributed by atoms with Crippen LogP contribution in [0.4, 0.5) is 0 Å². The minimum absolute atomic E-state index is 0.0557. The molecule has 1 saturated heterocycles. The molecule has 0 spiro atoms. The Morgan fingerprint density at radius 1 is 1.33 bits per heavy atom. The van der Waals surface area contributed by atoms with Gasteiger partial charge in [-0.3, -0.25) is 9.80 Å². The average molecular weight is 357 g/mol. The van der Waals surface area contributed by atoms with E-state index in [1.54, 1.807) is 7.11 Å². The molecule has 1 heterocycles. The molecule has 0 radical (unpaired) electrons. The molecular weight excluding hydrogens is 320 g/mol. The van der Waals surface area contributed by atoms with Gasteiger partial charge < -0.3 is 9.47 Å². The van der Waals surface area contributed by atoms with Crippen molar-refractivity contribution in [1.82, 2.24) is 5.01 Å². The van der Waals surface area contributed by atoms with Crippen molar-refractivity contribution in [3.05, 3.63) is 0 Å². The number of methoxy groups -OCH3 is 2. The van der Waals surface area contributed by atoms with Gasteiger partial charge in [0.1, 0.15) is 0 Å². The molecule has 1 aliphatic rings. The fraction of sp³-hybridized carbons (Fsp3) is 0.889. The van der Waals surface area contributed by atoms with Gasteiger partial charge in [0.15, 0.2) is 0 Å². The summed E-state index contributed by atoms with van der Waals surface area (Å²) in [6.07, 6.45) is 4.82. The minimum Gasteiger partial charge on any atom is -0.469 e. The second-order valence-electron chi connectivity index (χ2n) is 8.35. The first-order chi connectivity index (χ1) is 11.1. The summed E-state index contributed by atoms with van der Waals surface area (Å²) in [5.74, 6) is -0.150. The maximum atomic E-state index is 12.8. The predicted octanol–water partition coefficient (Wildman–Crippen LogP) is 3.91. The van der Waals surface area contributed by atoms with E-state index < -0.39 is 13.1 Å². The van der Waals surface area contributed by atoms with Crippen molar-refractivity contribution in [3.8, 4) is 0 Å². The van der Waals surface area contributed by atoms with Gasteiger partial charge in [-0.05, 0) is 24.3 Å². The summed E-state index contributed by atoms with van der Waals surface area (Å²) >= 11 is 0. The van der Waals surface area contributed by atoms with Crippen molar-refractivity contribution >= 4 is 20.3 Å². The molecule has 1 rings (SSSR count). The zero-order chi connectivity index (χ0) is 18.6. The lowest BCUT2D eigenvalue weighted by atomic mass is 10.1. The Bertz CT molecular complexity index is 460. The third-order valence-corrected chi connectivity index (χ3v) is 12.9. The number of hydrazone groups is 1. The minimum atomic E-state index is -2.06. The molecule has 0 aliphatic carbocycles. The number of rotatable bonds is 7. The van der Waals surface area contributed by atoms with Crippen LogP contribution in [0, 0.1) is 0 Å². The Labute approximate surface area is 148 Å². The fourth-order valence-corrected chi connectivity index (χ4v) is 6.72. The summed E-state index contributed by atoms with van der Waals surface area (Å²) in [5.41, 5.74) is 0. The molecule has 0 unspecified atom stereocenters. The van der Waals surface area contributed by atoms with Crippen LogP contribution in [-0.2, 0) is 14.3 Å². The number of esters is 1. The van der Waals surface area contributed by atoms with Crippen LogP contribution in [0.2, 0.25) is 23.2 Å². The van der Waals surface area contributed by atoms with Gasteiger partial charge in [0.25, 0.3) is 0 Å². The van der Waals surface area contributed by atoms with Crippen molar-refractivity contribution in [1.29, 1.82) is 0 Å². The van der Waals surface area contributed by atoms with Crippen molar-refractivity contribution in [3.63, 3.8) is 0 Å². The fourth-order valence-electron chi connectivity index (χ4n) is 3.51. The topological polar surface area (TPSA) is 51.1 Å². The van der Waals surface area contributed by atoms with E-state index in [1.807, 2.05) is 6.21 Å². The Hall–Kier alpha value is -0.883. The third kappa shape index (κ3) is 3.85. The van der Waals surface area contributed by atoms with E-state index in [-0.39, 0.29) is 11.0 Å². The lowest BCUT2D eigenvalue weighted by Gasteiger charge is -2.48. The maximum absolute atomic E-state index is 12.8. The number of carbonyl (C=O) groups is 1. The molecule has 24 heavy (non-hydrogen) atoms. The SMILES string of the molecule is CC[C@@](/C=N/N1CCC[C@H]1COC)(C(=O)OC)[Si](C)(C)C(C)(C)C. The summed E-state index contributed by atoms with van der Waals surface area (Å²) in [6.45, 7) is 14.9. The molecule has 0 aromatic carbocycles. The van der Waals surface area contributed by atoms with Crippen LogP contribution in [0.5, 0.6) is 0 Å². The molecule has 140 valence electrons. The highest BCUT2D eigenvalue weighted by atomic mass is 28.3. The summed E-state index contributed by atoms with van der Waals surface area (Å²) in [7, 11) is 1.14. The first-order valence-electron chi connectivity index (χ1n) is 8.96. The van der Waals surface area contributed by atoms with E-state index in [0.29, 0.717) is 19.1 Å². The van der Waals surface area contributed by atoms with Crippen molar-refractivity contribution in [2.75, 3.05) is 27.4 Å². The summed E-state index contributed by atoms with van der Waals surface area (Å²) in [5, 5.41) is 6.30. The van der Waals surface area contributed by atoms with Gasteiger partial charge in [0, 0.05) is 19.9 Å². The number of ether oxygens (including phenoxy) is 2. The molecule has 5 nitrogen and oxygen atoms in total. The van der Waals surface area contributed by atoms with Crippen LogP contribution in [-0.4, -0.2) is 58.7 Å². The maximum Gasteiger partial charge on any atom is 0.314 e. The van der Waals surface area contributed by atoms with Crippen LogP contribution in [0.25, 0.3) is 0 Å². The lowest BCUT2D eigenvalue weighted by molar-refractivity contribution is -0.142. The number of carbonyl (C=O) groups excluding carboxylic acids is 1. The standard InChI is InChI=1S/C18H36N2O3Si/c1-9-18(16(21)23-6,24(7,8)17(2,3)4)14-19-20-12-10-11-15(20)13-22-5/h14-15H,9-13H2,1-8H3/b19-14+/t15-,18+/m0/s1. The van der Waals surface area contributed by atoms with Gasteiger partial charge in [-0.2, -0.15) is 5.10 Å². The van der Waals surface area contributed by atoms with E-state index in [2.05, 4.69) is 45.8 Å². The Kier molecular flexibility index (Phi) is 7.05. The largest absolute Gasteiger partial charge is 0.469 e. The number of hydrogen-bond acceptors (Lipinski definition) is 5. The molecule has 0 bridgehead atoms. The smallest absolute Gasteiger partial charge is 0.314 e. The zero-order valence-electron chi connectivity index (χ0n) is 16.8. The number of hydrogen-bond donors (Lipinski definition) is 0. The average Bonchev–Trinajstić information content (AvgIpc) is 2.94. The van der Waals surface area contributed by atoms with E-state index in [4.69, 9.17) is 14.6 Å². The van der Waals surface area contributed by atoms with Gasteiger partial charge in [-0.15, -0.1) is 0 Å². The molecule has 2 atom stereocenters. The highest BCUT2D eigenvalue weighted by molar-refractivity contribution is 6.88. The molecule has 0 amide bonds. The Balaban J connectivity index is 3.24. The molecule has 0 aromatic heterocycles. The Morgan fingerprint density at radius 2 is 1.96 bits per heavy atom. The van der Waals surface area contributed by atoms with Gasteiger partial charge in [-0.25, -0.2) is 0 Å². The van der Waals surface area contributed by atoms with Gasteiger partial charge >= 0.3 is 5.97 Å². The third-order valence-electron chi connectivity index (χ3n) is 6.23. The van der Waals surface area contributed by atoms with Crippen LogP contribution in [0.1, 0.15) is 47.0 Å². The monoisotopic (exact) mass is 356 g/mol. The highest BCUT2D eigenvalue weighted by Gasteiger charge is 2.57. The predicted molar refractivity (Wildman–Crippen MR) is 102 cm³/mol. The summed E-state index contributed by atoms with van der Waals surface area (Å²) in [6, 6.07) is 0.304. The molecular formula is C18H36N2O3Si. The first kappa shape index (κ1) is 21.2. The first-order valence-corrected chi connectivity index (χ1v) is 12.0. The molecule has 1 aliphatic heterocycles. The summed E-state index contributed by atoms with van der Waals surface area (Å²) in [4.78, 5) is 12.8. The van der Waals surface area contributed by atoms with Crippen LogP contribution < -0.4 is 0 Å². The van der Waals surface area contributed by atoms with Gasteiger partial charge in [-0.1, -0.05) is 40.8 Å². The number of nitrogens with zero attached hydrogens (tertiary/aromatic N) is 2. The van der Waals surface area contributed by atoms with E-state index in [1.165, 1.54) is 7.11 Å². The highest BCUT2D eigenvalue weighted by Crippen LogP contribution is 2.53. The quantitative estimate of drug-likeness (QED) is 0.394. The zero-order valence-corrected chi connectivity index (χ0v) is 17.8. The Morgan fingerprint density at radius 3 is 2.42 bits per heavy atom. The summed E-state index contributed by atoms with van der Waals surface area (Å²) < 4.78 is 10.5. The van der Waals surface area contributed by atoms with E-state index in [0.717, 1.165) is 19.4 Å².